The first kappa shape index (κ1) is 17.4. The van der Waals surface area contributed by atoms with Gasteiger partial charge in [-0.3, -0.25) is 9.59 Å². The summed E-state index contributed by atoms with van der Waals surface area (Å²) in [6, 6.07) is 3.64. The number of carbonyl (C=O) groups is 3. The zero-order chi connectivity index (χ0) is 16.7. The van der Waals surface area contributed by atoms with Gasteiger partial charge in [0.25, 0.3) is 0 Å². The van der Waals surface area contributed by atoms with Crippen molar-refractivity contribution in [2.45, 2.75) is 31.3 Å². The number of carboxylic acids is 2. The van der Waals surface area contributed by atoms with Crippen molar-refractivity contribution in [2.75, 3.05) is 0 Å². The minimum Gasteiger partial charge on any atom is -0.508 e. The van der Waals surface area contributed by atoms with Gasteiger partial charge in [-0.2, -0.15) is 0 Å². The lowest BCUT2D eigenvalue weighted by Gasteiger charge is -2.17. The van der Waals surface area contributed by atoms with Crippen LogP contribution < -0.4 is 11.1 Å². The summed E-state index contributed by atoms with van der Waals surface area (Å²) in [5.41, 5.74) is 6.14. The van der Waals surface area contributed by atoms with Crippen molar-refractivity contribution < 1.29 is 29.7 Å². The maximum Gasteiger partial charge on any atom is 0.326 e. The number of carbonyl (C=O) groups excluding carboxylic acids is 1. The lowest BCUT2D eigenvalue weighted by Crippen LogP contribution is -2.49. The van der Waals surface area contributed by atoms with E-state index in [-0.39, 0.29) is 25.0 Å². The number of hydrogen-bond acceptors (Lipinski definition) is 5. The number of nitrogens with one attached hydrogen (secondary N) is 1. The maximum atomic E-state index is 11.8. The molecule has 0 saturated carbocycles. The molecule has 1 aromatic carbocycles. The Balaban J connectivity index is 2.63. The summed E-state index contributed by atoms with van der Waals surface area (Å²) in [4.78, 5) is 33.4. The zero-order valence-corrected chi connectivity index (χ0v) is 11.7. The van der Waals surface area contributed by atoms with E-state index in [1.165, 1.54) is 12.1 Å². The predicted octanol–water partition coefficient (Wildman–Crippen LogP) is -0.304. The number of phenolic OH excluding ortho intramolecular Hbond substituents is 1. The van der Waals surface area contributed by atoms with Crippen LogP contribution >= 0.6 is 0 Å². The van der Waals surface area contributed by atoms with Gasteiger partial charge in [-0.05, 0) is 24.1 Å². The quantitative estimate of drug-likeness (QED) is 0.442. The number of aliphatic carboxylic acids is 2. The average molecular weight is 310 g/mol. The molecule has 2 atom stereocenters. The number of phenols is 1. The largest absolute Gasteiger partial charge is 0.508 e. The Bertz CT molecular complexity index is 543. The van der Waals surface area contributed by atoms with Gasteiger partial charge in [0.1, 0.15) is 11.8 Å². The number of benzene rings is 1. The maximum absolute atomic E-state index is 11.8. The molecule has 0 fully saturated rings. The predicted molar refractivity (Wildman–Crippen MR) is 76.2 cm³/mol. The highest BCUT2D eigenvalue weighted by molar-refractivity contribution is 5.87. The summed E-state index contributed by atoms with van der Waals surface area (Å²) >= 11 is 0. The highest BCUT2D eigenvalue weighted by Crippen LogP contribution is 2.11. The van der Waals surface area contributed by atoms with Gasteiger partial charge in [0, 0.05) is 12.8 Å². The van der Waals surface area contributed by atoms with Crippen molar-refractivity contribution in [3.8, 4) is 5.75 Å². The SMILES string of the molecule is NC(CCC(=O)O)C(=O)N[C@@H](Cc1ccc(O)cc1)C(=O)O. The number of hydrogen-bond donors (Lipinski definition) is 5. The summed E-state index contributed by atoms with van der Waals surface area (Å²) in [6.07, 6.45) is -0.329. The first-order valence-electron chi connectivity index (χ1n) is 6.58. The van der Waals surface area contributed by atoms with Crippen LogP contribution in [0.1, 0.15) is 18.4 Å². The lowest BCUT2D eigenvalue weighted by molar-refractivity contribution is -0.142. The molecule has 0 saturated heterocycles. The molecule has 0 aliphatic heterocycles. The number of rotatable bonds is 8. The van der Waals surface area contributed by atoms with Gasteiger partial charge in [-0.15, -0.1) is 0 Å². The van der Waals surface area contributed by atoms with Crippen LogP contribution in [0.3, 0.4) is 0 Å². The fourth-order valence-corrected chi connectivity index (χ4v) is 1.76. The third-order valence-electron chi connectivity index (χ3n) is 3.00. The van der Waals surface area contributed by atoms with Crippen LogP contribution in [0.15, 0.2) is 24.3 Å². The zero-order valence-electron chi connectivity index (χ0n) is 11.7. The van der Waals surface area contributed by atoms with E-state index in [1.54, 1.807) is 12.1 Å². The molecule has 6 N–H and O–H groups in total. The van der Waals surface area contributed by atoms with E-state index >= 15 is 0 Å². The Labute approximate surface area is 126 Å². The molecule has 1 aromatic rings. The van der Waals surface area contributed by atoms with Crippen molar-refractivity contribution in [2.24, 2.45) is 5.73 Å². The van der Waals surface area contributed by atoms with Crippen molar-refractivity contribution in [3.05, 3.63) is 29.8 Å². The molecule has 0 bridgehead atoms. The summed E-state index contributed by atoms with van der Waals surface area (Å²) < 4.78 is 0. The van der Waals surface area contributed by atoms with Crippen LogP contribution in [-0.2, 0) is 20.8 Å². The molecule has 22 heavy (non-hydrogen) atoms. The second-order valence-electron chi connectivity index (χ2n) is 4.81. The van der Waals surface area contributed by atoms with Gasteiger partial charge >= 0.3 is 11.9 Å². The fraction of sp³-hybridized carbons (Fsp3) is 0.357. The van der Waals surface area contributed by atoms with Crippen molar-refractivity contribution in [3.63, 3.8) is 0 Å². The molecule has 8 nitrogen and oxygen atoms in total. The number of aromatic hydroxyl groups is 1. The summed E-state index contributed by atoms with van der Waals surface area (Å²) in [6.45, 7) is 0. The van der Waals surface area contributed by atoms with Gasteiger partial charge in [0.15, 0.2) is 0 Å². The van der Waals surface area contributed by atoms with Gasteiger partial charge in [-0.25, -0.2) is 4.79 Å². The normalized spacial score (nSPS) is 13.1. The molecule has 0 spiro atoms. The minimum atomic E-state index is -1.23. The number of carboxylic acid groups (broad SMARTS) is 2. The minimum absolute atomic E-state index is 0.0208. The highest BCUT2D eigenvalue weighted by atomic mass is 16.4. The van der Waals surface area contributed by atoms with E-state index in [0.717, 1.165) is 0 Å². The van der Waals surface area contributed by atoms with Crippen LogP contribution in [0.2, 0.25) is 0 Å². The van der Waals surface area contributed by atoms with Gasteiger partial charge in [0.05, 0.1) is 6.04 Å². The monoisotopic (exact) mass is 310 g/mol. The molecule has 120 valence electrons. The van der Waals surface area contributed by atoms with Gasteiger partial charge < -0.3 is 26.4 Å². The van der Waals surface area contributed by atoms with Gasteiger partial charge in [0.2, 0.25) is 5.91 Å². The second-order valence-corrected chi connectivity index (χ2v) is 4.81. The summed E-state index contributed by atoms with van der Waals surface area (Å²) in [7, 11) is 0. The van der Waals surface area contributed by atoms with E-state index in [2.05, 4.69) is 5.32 Å². The fourth-order valence-electron chi connectivity index (χ4n) is 1.76. The Hall–Kier alpha value is -2.61. The molecule has 0 aliphatic carbocycles. The summed E-state index contributed by atoms with van der Waals surface area (Å²) in [5, 5.41) is 29.1. The molecule has 1 unspecified atom stereocenters. The third kappa shape index (κ3) is 5.80. The molecule has 0 heterocycles. The Morgan fingerprint density at radius 1 is 1.14 bits per heavy atom. The molecule has 0 aliphatic rings. The molecule has 0 aromatic heterocycles. The second kappa shape index (κ2) is 7.99. The smallest absolute Gasteiger partial charge is 0.326 e. The van der Waals surface area contributed by atoms with E-state index < -0.39 is 29.9 Å². The van der Waals surface area contributed by atoms with E-state index in [0.29, 0.717) is 5.56 Å². The van der Waals surface area contributed by atoms with Crippen LogP contribution in [0, 0.1) is 0 Å². The van der Waals surface area contributed by atoms with E-state index in [4.69, 9.17) is 15.9 Å². The number of nitrogens with two attached hydrogens (primary N) is 1. The lowest BCUT2D eigenvalue weighted by atomic mass is 10.0. The number of amides is 1. The van der Waals surface area contributed by atoms with E-state index in [1.807, 2.05) is 0 Å². The average Bonchev–Trinajstić information content (AvgIpc) is 2.45. The van der Waals surface area contributed by atoms with E-state index in [9.17, 15) is 19.5 Å². The molecular formula is C14H18N2O6. The Morgan fingerprint density at radius 3 is 2.23 bits per heavy atom. The standard InChI is InChI=1S/C14H18N2O6/c15-10(5-6-12(18)19)13(20)16-11(14(21)22)7-8-1-3-9(17)4-2-8/h1-4,10-11,17H,5-7,15H2,(H,16,20)(H,18,19)(H,21,22)/t10?,11-/m0/s1. The first-order chi connectivity index (χ1) is 10.3. The topological polar surface area (TPSA) is 150 Å². The molecule has 1 amide bonds. The molecule has 1 rings (SSSR count). The Morgan fingerprint density at radius 2 is 1.73 bits per heavy atom. The van der Waals surface area contributed by atoms with Crippen molar-refractivity contribution in [1.82, 2.24) is 5.32 Å². The van der Waals surface area contributed by atoms with Crippen molar-refractivity contribution in [1.29, 1.82) is 0 Å². The van der Waals surface area contributed by atoms with Crippen LogP contribution in [0.4, 0.5) is 0 Å². The summed E-state index contributed by atoms with van der Waals surface area (Å²) in [5.74, 6) is -2.98. The van der Waals surface area contributed by atoms with Crippen molar-refractivity contribution >= 4 is 17.8 Å². The molecule has 8 heteroatoms. The Kier molecular flexibility index (Phi) is 6.33. The van der Waals surface area contributed by atoms with Crippen LogP contribution in [0.5, 0.6) is 5.75 Å². The third-order valence-corrected chi connectivity index (χ3v) is 3.00. The first-order valence-corrected chi connectivity index (χ1v) is 6.58. The van der Waals surface area contributed by atoms with Gasteiger partial charge in [-0.1, -0.05) is 12.1 Å². The van der Waals surface area contributed by atoms with Crippen LogP contribution in [0.25, 0.3) is 0 Å². The molecule has 0 radical (unpaired) electrons. The molecular weight excluding hydrogens is 292 g/mol. The van der Waals surface area contributed by atoms with Crippen LogP contribution in [-0.4, -0.2) is 45.2 Å². The highest BCUT2D eigenvalue weighted by Gasteiger charge is 2.23.